The van der Waals surface area contributed by atoms with Gasteiger partial charge in [0, 0.05) is 19.6 Å². The highest BCUT2D eigenvalue weighted by atomic mass is 16.2. The van der Waals surface area contributed by atoms with E-state index in [2.05, 4.69) is 12.2 Å². The van der Waals surface area contributed by atoms with E-state index in [1.54, 1.807) is 0 Å². The molecule has 0 aliphatic heterocycles. The first kappa shape index (κ1) is 15.7. The van der Waals surface area contributed by atoms with E-state index >= 15 is 0 Å². The van der Waals surface area contributed by atoms with E-state index in [-0.39, 0.29) is 23.1 Å². The van der Waals surface area contributed by atoms with Gasteiger partial charge in [-0.05, 0) is 25.2 Å². The lowest BCUT2D eigenvalue weighted by atomic mass is 10.1. The van der Waals surface area contributed by atoms with Gasteiger partial charge in [0.1, 0.15) is 11.5 Å². The highest BCUT2D eigenvalue weighted by Gasteiger charge is 2.26. The summed E-state index contributed by atoms with van der Waals surface area (Å²) in [5.74, 6) is 1.04. The number of hydrogen-bond acceptors (Lipinski definition) is 4. The summed E-state index contributed by atoms with van der Waals surface area (Å²) in [7, 11) is 1.50. The first-order valence-electron chi connectivity index (χ1n) is 7.85. The Morgan fingerprint density at radius 3 is 2.52 bits per heavy atom. The van der Waals surface area contributed by atoms with Crippen LogP contribution in [0.1, 0.15) is 46.0 Å². The SMILES string of the molecule is CCCn1c(N)c(NC(CC)CC2CC2)c(=O)n(C)c1=O. The fraction of sp³-hybridized carbons (Fsp3) is 0.733. The van der Waals surface area contributed by atoms with Crippen LogP contribution in [0.2, 0.25) is 0 Å². The van der Waals surface area contributed by atoms with Crippen molar-refractivity contribution in [1.82, 2.24) is 9.13 Å². The summed E-state index contributed by atoms with van der Waals surface area (Å²) >= 11 is 0. The van der Waals surface area contributed by atoms with E-state index in [0.717, 1.165) is 29.7 Å². The lowest BCUT2D eigenvalue weighted by molar-refractivity contribution is 0.574. The van der Waals surface area contributed by atoms with Crippen molar-refractivity contribution in [2.75, 3.05) is 11.1 Å². The van der Waals surface area contributed by atoms with Gasteiger partial charge in [-0.1, -0.05) is 26.7 Å². The highest BCUT2D eigenvalue weighted by molar-refractivity contribution is 5.61. The number of nitrogens with one attached hydrogen (secondary N) is 1. The predicted molar refractivity (Wildman–Crippen MR) is 85.7 cm³/mol. The maximum absolute atomic E-state index is 12.3. The monoisotopic (exact) mass is 294 g/mol. The molecule has 0 aromatic carbocycles. The molecule has 118 valence electrons. The van der Waals surface area contributed by atoms with Gasteiger partial charge in [-0.2, -0.15) is 0 Å². The molecular weight excluding hydrogens is 268 g/mol. The molecule has 2 rings (SSSR count). The van der Waals surface area contributed by atoms with E-state index in [0.29, 0.717) is 12.2 Å². The van der Waals surface area contributed by atoms with Crippen LogP contribution in [-0.4, -0.2) is 15.2 Å². The lowest BCUT2D eigenvalue weighted by Gasteiger charge is -2.21. The van der Waals surface area contributed by atoms with Crippen molar-refractivity contribution in [3.8, 4) is 0 Å². The van der Waals surface area contributed by atoms with Crippen molar-refractivity contribution in [2.24, 2.45) is 13.0 Å². The minimum absolute atomic E-state index is 0.236. The molecule has 1 aromatic heterocycles. The number of rotatable bonds is 7. The quantitative estimate of drug-likeness (QED) is 0.799. The number of nitrogens with two attached hydrogens (primary N) is 1. The van der Waals surface area contributed by atoms with Crippen molar-refractivity contribution < 1.29 is 0 Å². The van der Waals surface area contributed by atoms with E-state index in [4.69, 9.17) is 5.73 Å². The molecule has 0 amide bonds. The molecule has 1 aliphatic carbocycles. The molecule has 1 atom stereocenters. The fourth-order valence-corrected chi connectivity index (χ4v) is 2.65. The number of anilines is 2. The zero-order valence-corrected chi connectivity index (χ0v) is 13.2. The molecule has 1 aromatic rings. The van der Waals surface area contributed by atoms with Crippen LogP contribution in [0.4, 0.5) is 11.5 Å². The highest BCUT2D eigenvalue weighted by Crippen LogP contribution is 2.34. The second-order valence-corrected chi connectivity index (χ2v) is 5.99. The Morgan fingerprint density at radius 1 is 1.33 bits per heavy atom. The minimum Gasteiger partial charge on any atom is -0.383 e. The van der Waals surface area contributed by atoms with Crippen LogP contribution in [-0.2, 0) is 13.6 Å². The number of nitrogens with zero attached hydrogens (tertiary/aromatic N) is 2. The Kier molecular flexibility index (Phi) is 4.75. The largest absolute Gasteiger partial charge is 0.383 e. The van der Waals surface area contributed by atoms with Crippen molar-refractivity contribution >= 4 is 11.5 Å². The summed E-state index contributed by atoms with van der Waals surface area (Å²) < 4.78 is 2.62. The van der Waals surface area contributed by atoms with Gasteiger partial charge >= 0.3 is 5.69 Å². The molecule has 1 fully saturated rings. The maximum atomic E-state index is 12.3. The Morgan fingerprint density at radius 2 is 2.00 bits per heavy atom. The van der Waals surface area contributed by atoms with Crippen LogP contribution in [0.5, 0.6) is 0 Å². The summed E-state index contributed by atoms with van der Waals surface area (Å²) in [4.78, 5) is 24.4. The van der Waals surface area contributed by atoms with Crippen LogP contribution < -0.4 is 22.3 Å². The fourth-order valence-electron chi connectivity index (χ4n) is 2.65. The molecule has 6 heteroatoms. The standard InChI is InChI=1S/C15H26N4O2/c1-4-8-19-13(16)12(14(20)18(3)15(19)21)17-11(5-2)9-10-6-7-10/h10-11,17H,4-9,16H2,1-3H3. The topological polar surface area (TPSA) is 82.0 Å². The van der Waals surface area contributed by atoms with Crippen molar-refractivity contribution in [2.45, 2.75) is 58.5 Å². The van der Waals surface area contributed by atoms with Gasteiger partial charge in [0.25, 0.3) is 5.56 Å². The second-order valence-electron chi connectivity index (χ2n) is 5.99. The third-order valence-corrected chi connectivity index (χ3v) is 4.19. The molecule has 0 saturated heterocycles. The third-order valence-electron chi connectivity index (χ3n) is 4.19. The van der Waals surface area contributed by atoms with Crippen molar-refractivity contribution in [3.63, 3.8) is 0 Å². The first-order valence-corrected chi connectivity index (χ1v) is 7.85. The average molecular weight is 294 g/mol. The molecular formula is C15H26N4O2. The third kappa shape index (κ3) is 3.31. The van der Waals surface area contributed by atoms with Gasteiger partial charge in [0.2, 0.25) is 0 Å². The summed E-state index contributed by atoms with van der Waals surface area (Å²) in [6, 6.07) is 0.236. The minimum atomic E-state index is -0.347. The summed E-state index contributed by atoms with van der Waals surface area (Å²) in [6.45, 7) is 4.60. The zero-order chi connectivity index (χ0) is 15.6. The first-order chi connectivity index (χ1) is 9.99. The summed E-state index contributed by atoms with van der Waals surface area (Å²) in [5, 5.41) is 3.29. The average Bonchev–Trinajstić information content (AvgIpc) is 3.28. The maximum Gasteiger partial charge on any atom is 0.332 e. The van der Waals surface area contributed by atoms with Crippen LogP contribution in [0, 0.1) is 5.92 Å². The Bertz CT molecular complexity index is 613. The van der Waals surface area contributed by atoms with E-state index < -0.39 is 0 Å². The second kappa shape index (κ2) is 6.37. The number of aromatic nitrogens is 2. The van der Waals surface area contributed by atoms with E-state index in [1.165, 1.54) is 24.5 Å². The summed E-state index contributed by atoms with van der Waals surface area (Å²) in [5.41, 5.74) is 5.77. The molecule has 21 heavy (non-hydrogen) atoms. The zero-order valence-electron chi connectivity index (χ0n) is 13.2. The van der Waals surface area contributed by atoms with Crippen LogP contribution in [0.25, 0.3) is 0 Å². The van der Waals surface area contributed by atoms with Crippen LogP contribution in [0.15, 0.2) is 9.59 Å². The molecule has 1 saturated carbocycles. The Labute approximate surface area is 125 Å². The molecule has 1 unspecified atom stereocenters. The van der Waals surface area contributed by atoms with E-state index in [9.17, 15) is 9.59 Å². The van der Waals surface area contributed by atoms with Crippen LogP contribution >= 0.6 is 0 Å². The van der Waals surface area contributed by atoms with E-state index in [1.807, 2.05) is 6.92 Å². The molecule has 0 radical (unpaired) electrons. The predicted octanol–water partition coefficient (Wildman–Crippen LogP) is 1.53. The van der Waals surface area contributed by atoms with Crippen molar-refractivity contribution in [1.29, 1.82) is 0 Å². The van der Waals surface area contributed by atoms with Gasteiger partial charge in [-0.25, -0.2) is 4.79 Å². The lowest BCUT2D eigenvalue weighted by Crippen LogP contribution is -2.41. The van der Waals surface area contributed by atoms with Crippen LogP contribution in [0.3, 0.4) is 0 Å². The van der Waals surface area contributed by atoms with Gasteiger partial charge in [0.05, 0.1) is 0 Å². The van der Waals surface area contributed by atoms with Gasteiger partial charge in [-0.15, -0.1) is 0 Å². The molecule has 1 aliphatic rings. The molecule has 0 spiro atoms. The smallest absolute Gasteiger partial charge is 0.332 e. The van der Waals surface area contributed by atoms with Gasteiger partial charge in [-0.3, -0.25) is 13.9 Å². The molecule has 3 N–H and O–H groups in total. The Hall–Kier alpha value is -1.72. The normalized spacial score (nSPS) is 16.0. The molecule has 0 bridgehead atoms. The van der Waals surface area contributed by atoms with Gasteiger partial charge in [0.15, 0.2) is 0 Å². The molecule has 1 heterocycles. The van der Waals surface area contributed by atoms with Gasteiger partial charge < -0.3 is 11.1 Å². The Balaban J connectivity index is 2.37. The van der Waals surface area contributed by atoms with Crippen molar-refractivity contribution in [3.05, 3.63) is 20.8 Å². The number of hydrogen-bond donors (Lipinski definition) is 2. The molecule has 6 nitrogen and oxygen atoms in total. The number of nitrogen functional groups attached to an aromatic ring is 1. The summed E-state index contributed by atoms with van der Waals surface area (Å²) in [6.07, 6.45) is 5.35.